The van der Waals surface area contributed by atoms with Crippen LogP contribution in [0.5, 0.6) is 0 Å². The van der Waals surface area contributed by atoms with Crippen molar-refractivity contribution >= 4 is 5.91 Å². The molecule has 27 heavy (non-hydrogen) atoms. The van der Waals surface area contributed by atoms with Gasteiger partial charge in [-0.15, -0.1) is 0 Å². The van der Waals surface area contributed by atoms with Crippen LogP contribution in [0.1, 0.15) is 25.8 Å². The number of ether oxygens (including phenoxy) is 1. The van der Waals surface area contributed by atoms with Crippen molar-refractivity contribution in [2.24, 2.45) is 5.92 Å². The smallest absolute Gasteiger partial charge is 0.236 e. The van der Waals surface area contributed by atoms with Crippen molar-refractivity contribution in [2.45, 2.75) is 32.9 Å². The number of carbonyl (C=O) groups is 1. The summed E-state index contributed by atoms with van der Waals surface area (Å²) in [6.07, 6.45) is 1.04. The second-order valence-corrected chi connectivity index (χ2v) is 7.99. The number of rotatable bonds is 5. The fourth-order valence-corrected chi connectivity index (χ4v) is 4.04. The number of hydrogen-bond acceptors (Lipinski definition) is 4. The summed E-state index contributed by atoms with van der Waals surface area (Å²) in [5, 5.41) is 0. The van der Waals surface area contributed by atoms with E-state index in [9.17, 15) is 9.18 Å². The zero-order valence-electron chi connectivity index (χ0n) is 16.6. The van der Waals surface area contributed by atoms with Crippen molar-refractivity contribution in [2.75, 3.05) is 52.5 Å². The predicted molar refractivity (Wildman–Crippen MR) is 104 cm³/mol. The van der Waals surface area contributed by atoms with Gasteiger partial charge in [0.15, 0.2) is 0 Å². The second-order valence-electron chi connectivity index (χ2n) is 7.99. The number of morpholine rings is 1. The van der Waals surface area contributed by atoms with Crippen molar-refractivity contribution in [3.63, 3.8) is 0 Å². The van der Waals surface area contributed by atoms with Crippen LogP contribution in [0.25, 0.3) is 0 Å². The third-order valence-corrected chi connectivity index (χ3v) is 5.63. The van der Waals surface area contributed by atoms with Crippen LogP contribution in [0.3, 0.4) is 0 Å². The summed E-state index contributed by atoms with van der Waals surface area (Å²) in [6, 6.07) is 7.19. The Morgan fingerprint density at radius 2 is 1.85 bits per heavy atom. The summed E-state index contributed by atoms with van der Waals surface area (Å²) >= 11 is 0. The van der Waals surface area contributed by atoms with Gasteiger partial charge in [-0.25, -0.2) is 4.39 Å². The molecular formula is C21H32FN3O2. The first-order chi connectivity index (χ1) is 13.0. The van der Waals surface area contributed by atoms with Crippen molar-refractivity contribution in [1.29, 1.82) is 0 Å². The molecule has 0 N–H and O–H groups in total. The molecule has 0 aliphatic carbocycles. The fraction of sp³-hybridized carbons (Fsp3) is 0.667. The molecule has 1 aromatic carbocycles. The van der Waals surface area contributed by atoms with Crippen LogP contribution in [-0.4, -0.2) is 79.1 Å². The molecule has 0 spiro atoms. The summed E-state index contributed by atoms with van der Waals surface area (Å²) in [4.78, 5) is 19.4. The van der Waals surface area contributed by atoms with E-state index in [1.54, 1.807) is 0 Å². The average Bonchev–Trinajstić information content (AvgIpc) is 2.86. The Morgan fingerprint density at radius 1 is 1.15 bits per heavy atom. The van der Waals surface area contributed by atoms with E-state index in [-0.39, 0.29) is 11.7 Å². The van der Waals surface area contributed by atoms with Crippen LogP contribution < -0.4 is 0 Å². The molecule has 2 heterocycles. The van der Waals surface area contributed by atoms with Crippen molar-refractivity contribution in [3.05, 3.63) is 35.6 Å². The topological polar surface area (TPSA) is 36.0 Å². The van der Waals surface area contributed by atoms with Crippen LogP contribution in [0.2, 0.25) is 0 Å². The number of benzene rings is 1. The van der Waals surface area contributed by atoms with Crippen LogP contribution >= 0.6 is 0 Å². The molecular weight excluding hydrogens is 345 g/mol. The zero-order chi connectivity index (χ0) is 19.2. The highest BCUT2D eigenvalue weighted by atomic mass is 19.1. The second kappa shape index (κ2) is 9.62. The van der Waals surface area contributed by atoms with Gasteiger partial charge in [0.2, 0.25) is 5.91 Å². The highest BCUT2D eigenvalue weighted by Gasteiger charge is 2.29. The maximum Gasteiger partial charge on any atom is 0.236 e. The monoisotopic (exact) mass is 377 g/mol. The highest BCUT2D eigenvalue weighted by molar-refractivity contribution is 5.78. The minimum atomic E-state index is -0.192. The quantitative estimate of drug-likeness (QED) is 0.788. The average molecular weight is 378 g/mol. The number of halogens is 1. The molecule has 0 bridgehead atoms. The SMILES string of the molecule is CC(C)C1CN(CC(=O)N2CCOCC2)CCCN1Cc1ccc(F)cc1. The van der Waals surface area contributed by atoms with Gasteiger partial charge >= 0.3 is 0 Å². The molecule has 2 saturated heterocycles. The van der Waals surface area contributed by atoms with Gasteiger partial charge in [-0.05, 0) is 36.6 Å². The van der Waals surface area contributed by atoms with E-state index >= 15 is 0 Å². The Labute approximate surface area is 162 Å². The van der Waals surface area contributed by atoms with Crippen LogP contribution in [0, 0.1) is 11.7 Å². The van der Waals surface area contributed by atoms with Crippen molar-refractivity contribution in [1.82, 2.24) is 14.7 Å². The highest BCUT2D eigenvalue weighted by Crippen LogP contribution is 2.20. The molecule has 2 aliphatic heterocycles. The number of carbonyl (C=O) groups excluding carboxylic acids is 1. The molecule has 1 aromatic rings. The fourth-order valence-electron chi connectivity index (χ4n) is 4.04. The van der Waals surface area contributed by atoms with E-state index in [0.717, 1.165) is 38.2 Å². The molecule has 0 saturated carbocycles. The Balaban J connectivity index is 1.61. The molecule has 5 nitrogen and oxygen atoms in total. The first kappa shape index (κ1) is 20.2. The summed E-state index contributed by atoms with van der Waals surface area (Å²) in [6.45, 7) is 11.4. The number of hydrogen-bond donors (Lipinski definition) is 0. The molecule has 1 atom stereocenters. The van der Waals surface area contributed by atoms with Gasteiger partial charge in [0.1, 0.15) is 5.82 Å². The maximum atomic E-state index is 13.2. The van der Waals surface area contributed by atoms with Gasteiger partial charge in [-0.1, -0.05) is 26.0 Å². The Kier molecular flexibility index (Phi) is 7.21. The zero-order valence-corrected chi connectivity index (χ0v) is 16.6. The third-order valence-electron chi connectivity index (χ3n) is 5.63. The first-order valence-electron chi connectivity index (χ1n) is 10.1. The summed E-state index contributed by atoms with van der Waals surface area (Å²) in [5.41, 5.74) is 1.14. The number of nitrogens with zero attached hydrogens (tertiary/aromatic N) is 3. The molecule has 2 aliphatic rings. The molecule has 0 aromatic heterocycles. The Hall–Kier alpha value is -1.50. The summed E-state index contributed by atoms with van der Waals surface area (Å²) < 4.78 is 18.5. The molecule has 0 radical (unpaired) electrons. The predicted octanol–water partition coefficient (Wildman–Crippen LogP) is 2.22. The lowest BCUT2D eigenvalue weighted by atomic mass is 10.0. The van der Waals surface area contributed by atoms with Gasteiger partial charge in [-0.3, -0.25) is 14.6 Å². The van der Waals surface area contributed by atoms with Gasteiger partial charge in [0, 0.05) is 38.8 Å². The van der Waals surface area contributed by atoms with E-state index in [2.05, 4.69) is 23.6 Å². The standard InChI is InChI=1S/C21H32FN3O2/c1-17(2)20-15-23(16-21(26)24-10-12-27-13-11-24)8-3-9-25(20)14-18-4-6-19(22)7-5-18/h4-7,17,20H,3,8-16H2,1-2H3. The van der Waals surface area contributed by atoms with Crippen molar-refractivity contribution in [3.8, 4) is 0 Å². The molecule has 6 heteroatoms. The minimum absolute atomic E-state index is 0.192. The van der Waals surface area contributed by atoms with Gasteiger partial charge < -0.3 is 9.64 Å². The van der Waals surface area contributed by atoms with Crippen molar-refractivity contribution < 1.29 is 13.9 Å². The molecule has 3 rings (SSSR count). The van der Waals surface area contributed by atoms with Gasteiger partial charge in [-0.2, -0.15) is 0 Å². The van der Waals surface area contributed by atoms with Crippen LogP contribution in [-0.2, 0) is 16.1 Å². The van der Waals surface area contributed by atoms with Gasteiger partial charge in [0.05, 0.1) is 19.8 Å². The maximum absolute atomic E-state index is 13.2. The third kappa shape index (κ3) is 5.74. The van der Waals surface area contributed by atoms with E-state index in [0.29, 0.717) is 44.8 Å². The van der Waals surface area contributed by atoms with E-state index in [1.807, 2.05) is 17.0 Å². The molecule has 150 valence electrons. The first-order valence-corrected chi connectivity index (χ1v) is 10.1. The largest absolute Gasteiger partial charge is 0.378 e. The lowest BCUT2D eigenvalue weighted by Gasteiger charge is -2.35. The molecule has 1 unspecified atom stereocenters. The summed E-state index contributed by atoms with van der Waals surface area (Å²) in [7, 11) is 0. The summed E-state index contributed by atoms with van der Waals surface area (Å²) in [5.74, 6) is 0.514. The minimum Gasteiger partial charge on any atom is -0.378 e. The van der Waals surface area contributed by atoms with E-state index in [1.165, 1.54) is 12.1 Å². The Morgan fingerprint density at radius 3 is 2.52 bits per heavy atom. The van der Waals surface area contributed by atoms with Gasteiger partial charge in [0.25, 0.3) is 0 Å². The van der Waals surface area contributed by atoms with E-state index < -0.39 is 0 Å². The lowest BCUT2D eigenvalue weighted by Crippen LogP contribution is -2.49. The normalized spacial score (nSPS) is 22.8. The molecule has 1 amide bonds. The Bertz CT molecular complexity index is 602. The van der Waals surface area contributed by atoms with Crippen LogP contribution in [0.15, 0.2) is 24.3 Å². The van der Waals surface area contributed by atoms with E-state index in [4.69, 9.17) is 4.74 Å². The lowest BCUT2D eigenvalue weighted by molar-refractivity contribution is -0.136. The number of amides is 1. The van der Waals surface area contributed by atoms with Crippen LogP contribution in [0.4, 0.5) is 4.39 Å². The molecule has 2 fully saturated rings.